The van der Waals surface area contributed by atoms with Crippen LogP contribution in [-0.2, 0) is 19.1 Å². The molecule has 2 aromatic carbocycles. The summed E-state index contributed by atoms with van der Waals surface area (Å²) < 4.78 is 8.54. The van der Waals surface area contributed by atoms with Crippen molar-refractivity contribution < 1.29 is 19.1 Å². The van der Waals surface area contributed by atoms with Gasteiger partial charge in [0.25, 0.3) is 0 Å². The van der Waals surface area contributed by atoms with Crippen LogP contribution in [0.5, 0.6) is 0 Å². The third-order valence-corrected chi connectivity index (χ3v) is 1.86. The van der Waals surface area contributed by atoms with Crippen molar-refractivity contribution in [2.45, 2.75) is 41.5 Å². The summed E-state index contributed by atoms with van der Waals surface area (Å²) in [4.78, 5) is 20.0. The van der Waals surface area contributed by atoms with E-state index in [1.54, 1.807) is 0 Å². The second kappa shape index (κ2) is 26.3. The number of esters is 2. The number of hydrogen-bond donors (Lipinski definition) is 0. The lowest BCUT2D eigenvalue weighted by Crippen LogP contribution is -2.07. The summed E-state index contributed by atoms with van der Waals surface area (Å²) >= 11 is 0. The second-order valence-corrected chi connectivity index (χ2v) is 3.70. The fraction of sp³-hybridized carbons (Fsp3) is 0.333. The highest BCUT2D eigenvalue weighted by atomic mass is 16.7. The molecule has 0 heterocycles. The zero-order valence-electron chi connectivity index (χ0n) is 16.3. The summed E-state index contributed by atoms with van der Waals surface area (Å²) in [5.74, 6) is -0.924. The van der Waals surface area contributed by atoms with Crippen LogP contribution in [0.3, 0.4) is 0 Å². The van der Waals surface area contributed by atoms with Crippen molar-refractivity contribution in [1.82, 2.24) is 0 Å². The first-order chi connectivity index (χ1) is 12.1. The molecule has 2 aromatic rings. The van der Waals surface area contributed by atoms with Crippen molar-refractivity contribution in [2.24, 2.45) is 0 Å². The minimum atomic E-state index is -0.462. The van der Waals surface area contributed by atoms with Crippen LogP contribution < -0.4 is 0 Å². The molecule has 4 nitrogen and oxygen atoms in total. The molecule has 0 aliphatic heterocycles. The maximum Gasteiger partial charge on any atom is 0.305 e. The van der Waals surface area contributed by atoms with Gasteiger partial charge in [-0.1, -0.05) is 100 Å². The Morgan fingerprint density at radius 3 is 0.800 bits per heavy atom. The van der Waals surface area contributed by atoms with Gasteiger partial charge in [0.2, 0.25) is 6.79 Å². The smallest absolute Gasteiger partial charge is 0.305 e. The van der Waals surface area contributed by atoms with Gasteiger partial charge in [0, 0.05) is 13.8 Å². The van der Waals surface area contributed by atoms with Crippen molar-refractivity contribution >= 4 is 11.9 Å². The van der Waals surface area contributed by atoms with Gasteiger partial charge < -0.3 is 9.47 Å². The van der Waals surface area contributed by atoms with Gasteiger partial charge in [0.05, 0.1) is 0 Å². The number of carbonyl (C=O) groups excluding carboxylic acids is 2. The highest BCUT2D eigenvalue weighted by Gasteiger charge is 1.93. The Labute approximate surface area is 152 Å². The Balaban J connectivity index is -0.000000268. The lowest BCUT2D eigenvalue weighted by Gasteiger charge is -1.99. The maximum atomic E-state index is 10.0. The van der Waals surface area contributed by atoms with Gasteiger partial charge in [-0.2, -0.15) is 0 Å². The molecule has 140 valence electrons. The van der Waals surface area contributed by atoms with E-state index in [0.717, 1.165) is 0 Å². The van der Waals surface area contributed by atoms with Crippen LogP contribution in [0.15, 0.2) is 72.8 Å². The molecule has 0 aliphatic carbocycles. The van der Waals surface area contributed by atoms with E-state index in [1.807, 2.05) is 100 Å². The summed E-state index contributed by atoms with van der Waals surface area (Å²) in [7, 11) is 0. The van der Waals surface area contributed by atoms with Crippen molar-refractivity contribution in [3.8, 4) is 0 Å². The molecule has 0 N–H and O–H groups in total. The van der Waals surface area contributed by atoms with Gasteiger partial charge in [0.1, 0.15) is 0 Å². The van der Waals surface area contributed by atoms with Crippen LogP contribution in [0.2, 0.25) is 0 Å². The molecule has 0 atom stereocenters. The van der Waals surface area contributed by atoms with Gasteiger partial charge in [-0.15, -0.1) is 0 Å². The van der Waals surface area contributed by atoms with Gasteiger partial charge in [-0.3, -0.25) is 9.59 Å². The van der Waals surface area contributed by atoms with Gasteiger partial charge >= 0.3 is 11.9 Å². The van der Waals surface area contributed by atoms with E-state index in [0.29, 0.717) is 0 Å². The second-order valence-electron chi connectivity index (χ2n) is 3.70. The van der Waals surface area contributed by atoms with Crippen LogP contribution in [0, 0.1) is 0 Å². The molecular weight excluding hydrogens is 316 g/mol. The third kappa shape index (κ3) is 33.9. The first kappa shape index (κ1) is 27.2. The highest BCUT2D eigenvalue weighted by Crippen LogP contribution is 1.81. The molecule has 0 aliphatic rings. The molecule has 0 bridgehead atoms. The van der Waals surface area contributed by atoms with Crippen LogP contribution >= 0.6 is 0 Å². The Morgan fingerprint density at radius 2 is 0.680 bits per heavy atom. The third-order valence-electron chi connectivity index (χ3n) is 1.86. The Kier molecular flexibility index (Phi) is 28.6. The molecule has 0 radical (unpaired) electrons. The average molecular weight is 348 g/mol. The summed E-state index contributed by atoms with van der Waals surface area (Å²) in [6, 6.07) is 24.0. The molecule has 0 unspecified atom stereocenters. The molecule has 2 rings (SSSR count). The molecule has 0 saturated carbocycles. The minimum absolute atomic E-state index is 0.287. The standard InChI is InChI=1S/2C6H6.C5H8O4.2C2H6/c2*1-2-4-6-5-3-1;1-4(6)8-3-9-5(2)7;2*1-2/h2*1-6H;3H2,1-2H3;2*1-2H3. The first-order valence-corrected chi connectivity index (χ1v) is 8.39. The van der Waals surface area contributed by atoms with E-state index in [1.165, 1.54) is 13.8 Å². The monoisotopic (exact) mass is 348 g/mol. The SMILES string of the molecule is CC.CC.CC(=O)OCOC(C)=O.c1ccccc1.c1ccccc1. The van der Waals surface area contributed by atoms with Crippen molar-refractivity contribution in [3.05, 3.63) is 72.8 Å². The normalized spacial score (nSPS) is 7.28. The van der Waals surface area contributed by atoms with Crippen molar-refractivity contribution in [2.75, 3.05) is 6.79 Å². The molecule has 0 fully saturated rings. The van der Waals surface area contributed by atoms with Crippen molar-refractivity contribution in [1.29, 1.82) is 0 Å². The van der Waals surface area contributed by atoms with Gasteiger partial charge in [-0.25, -0.2) is 0 Å². The average Bonchev–Trinajstić information content (AvgIpc) is 2.68. The highest BCUT2D eigenvalue weighted by molar-refractivity contribution is 5.67. The quantitative estimate of drug-likeness (QED) is 0.531. The largest absolute Gasteiger partial charge is 0.428 e. The number of rotatable bonds is 2. The zero-order valence-corrected chi connectivity index (χ0v) is 16.3. The van der Waals surface area contributed by atoms with Crippen molar-refractivity contribution in [3.63, 3.8) is 0 Å². The van der Waals surface area contributed by atoms with E-state index in [4.69, 9.17) is 0 Å². The van der Waals surface area contributed by atoms with E-state index < -0.39 is 11.9 Å². The van der Waals surface area contributed by atoms with Crippen LogP contribution in [0.4, 0.5) is 0 Å². The molecule has 25 heavy (non-hydrogen) atoms. The Morgan fingerprint density at radius 1 is 0.520 bits per heavy atom. The summed E-state index contributed by atoms with van der Waals surface area (Å²) in [5, 5.41) is 0. The van der Waals surface area contributed by atoms with E-state index in [2.05, 4.69) is 9.47 Å². The molecular formula is C21H32O4. The first-order valence-electron chi connectivity index (χ1n) is 8.39. The van der Waals surface area contributed by atoms with Gasteiger partial charge in [0.15, 0.2) is 0 Å². The molecule has 0 aromatic heterocycles. The maximum absolute atomic E-state index is 10.0. The predicted molar refractivity (Wildman–Crippen MR) is 104 cm³/mol. The lowest BCUT2D eigenvalue weighted by molar-refractivity contribution is -0.163. The number of benzene rings is 2. The lowest BCUT2D eigenvalue weighted by atomic mass is 10.4. The minimum Gasteiger partial charge on any atom is -0.428 e. The van der Waals surface area contributed by atoms with Crippen LogP contribution in [0.25, 0.3) is 0 Å². The summed E-state index contributed by atoms with van der Waals surface area (Å²) in [5.41, 5.74) is 0. The van der Waals surface area contributed by atoms with E-state index >= 15 is 0 Å². The van der Waals surface area contributed by atoms with E-state index in [-0.39, 0.29) is 6.79 Å². The molecule has 0 saturated heterocycles. The zero-order chi connectivity index (χ0) is 19.8. The molecule has 0 amide bonds. The number of carbonyl (C=O) groups is 2. The molecule has 0 spiro atoms. The summed E-state index contributed by atoms with van der Waals surface area (Å²) in [6.07, 6.45) is 0. The predicted octanol–water partition coefficient (Wildman–Crippen LogP) is 5.50. The van der Waals surface area contributed by atoms with E-state index in [9.17, 15) is 9.59 Å². The number of ether oxygens (including phenoxy) is 2. The van der Waals surface area contributed by atoms with Gasteiger partial charge in [-0.05, 0) is 0 Å². The van der Waals surface area contributed by atoms with Crippen LogP contribution in [-0.4, -0.2) is 18.7 Å². The fourth-order valence-corrected chi connectivity index (χ4v) is 0.965. The van der Waals surface area contributed by atoms with Crippen LogP contribution in [0.1, 0.15) is 41.5 Å². The summed E-state index contributed by atoms with van der Waals surface area (Å²) in [6.45, 7) is 10.2. The topological polar surface area (TPSA) is 52.6 Å². The Hall–Kier alpha value is -2.62. The molecule has 4 heteroatoms. The fourth-order valence-electron chi connectivity index (χ4n) is 0.965. The Bertz CT molecular complexity index is 371. The number of hydrogen-bond acceptors (Lipinski definition) is 4.